The minimum Gasteiger partial charge on any atom is -0.464 e. The molecule has 3 heterocycles. The van der Waals surface area contributed by atoms with Crippen LogP contribution in [0, 0.1) is 0 Å². The number of para-hydroxylation sites is 2. The van der Waals surface area contributed by atoms with Crippen LogP contribution in [0.3, 0.4) is 0 Å². The van der Waals surface area contributed by atoms with Crippen molar-refractivity contribution in [3.8, 4) is 0 Å². The maximum atomic E-state index is 12.9. The van der Waals surface area contributed by atoms with Crippen molar-refractivity contribution in [2.24, 2.45) is 0 Å². The zero-order valence-corrected chi connectivity index (χ0v) is 14.9. The topological polar surface area (TPSA) is 75.1 Å². The van der Waals surface area contributed by atoms with Crippen LogP contribution >= 0.6 is 0 Å². The van der Waals surface area contributed by atoms with Gasteiger partial charge in [-0.1, -0.05) is 36.4 Å². The van der Waals surface area contributed by atoms with E-state index in [1.54, 1.807) is 6.26 Å². The van der Waals surface area contributed by atoms with Gasteiger partial charge in [0.15, 0.2) is 0 Å². The molecule has 1 aliphatic heterocycles. The van der Waals surface area contributed by atoms with Gasteiger partial charge in [0.2, 0.25) is 0 Å². The molecule has 0 atom stereocenters. The number of fused-ring (bicyclic) bond motifs is 2. The minimum atomic E-state index is -0.379. The molecule has 2 N–H and O–H groups in total. The Labute approximate surface area is 160 Å². The monoisotopic (exact) mass is 368 g/mol. The summed E-state index contributed by atoms with van der Waals surface area (Å²) in [4.78, 5) is 29.3. The van der Waals surface area contributed by atoms with Crippen molar-refractivity contribution in [3.05, 3.63) is 71.6 Å². The number of benzene rings is 2. The molecule has 4 aromatic rings. The number of aromatic amines is 1. The highest BCUT2D eigenvalue weighted by Gasteiger charge is 2.38. The fraction of sp³-hybridized carbons (Fsp3) is 0.130. The number of hydrogen-bond acceptors (Lipinski definition) is 3. The Morgan fingerprint density at radius 3 is 2.57 bits per heavy atom. The molecule has 1 aliphatic carbocycles. The van der Waals surface area contributed by atoms with E-state index >= 15 is 0 Å². The number of carbonyl (C=O) groups is 2. The van der Waals surface area contributed by atoms with Crippen molar-refractivity contribution in [1.29, 1.82) is 0 Å². The lowest BCUT2D eigenvalue weighted by Gasteiger charge is -2.07. The van der Waals surface area contributed by atoms with Crippen molar-refractivity contribution in [3.63, 3.8) is 0 Å². The molecule has 1 fully saturated rings. The van der Waals surface area contributed by atoms with Crippen LogP contribution in [0.1, 0.15) is 35.6 Å². The predicted octanol–water partition coefficient (Wildman–Crippen LogP) is 4.36. The third kappa shape index (κ3) is 2.07. The summed E-state index contributed by atoms with van der Waals surface area (Å²) >= 11 is 0. The van der Waals surface area contributed by atoms with Gasteiger partial charge in [-0.25, -0.2) is 0 Å². The number of aromatic nitrogens is 1. The van der Waals surface area contributed by atoms with E-state index in [-0.39, 0.29) is 11.8 Å². The van der Waals surface area contributed by atoms with Crippen molar-refractivity contribution in [2.75, 3.05) is 0 Å². The minimum absolute atomic E-state index is 0.352. The van der Waals surface area contributed by atoms with Crippen LogP contribution in [0.5, 0.6) is 0 Å². The van der Waals surface area contributed by atoms with E-state index < -0.39 is 0 Å². The Balaban J connectivity index is 1.73. The number of amides is 2. The third-order valence-corrected chi connectivity index (χ3v) is 5.65. The van der Waals surface area contributed by atoms with Gasteiger partial charge in [0.05, 0.1) is 17.4 Å². The number of imide groups is 1. The summed E-state index contributed by atoms with van der Waals surface area (Å²) < 4.78 is 5.65. The predicted molar refractivity (Wildman–Crippen MR) is 106 cm³/mol. The van der Waals surface area contributed by atoms with E-state index in [1.165, 1.54) is 0 Å². The summed E-state index contributed by atoms with van der Waals surface area (Å²) in [6.45, 7) is 0. The molecule has 0 bridgehead atoms. The molecule has 136 valence electrons. The van der Waals surface area contributed by atoms with Gasteiger partial charge in [-0.2, -0.15) is 0 Å². The Bertz CT molecular complexity index is 1330. The molecule has 0 radical (unpaired) electrons. The number of nitrogens with one attached hydrogen (secondary N) is 2. The molecule has 5 nitrogen and oxygen atoms in total. The number of H-pyrrole nitrogens is 1. The van der Waals surface area contributed by atoms with Crippen LogP contribution in [0.4, 0.5) is 0 Å². The molecular formula is C23H16N2O3. The third-order valence-electron chi connectivity index (χ3n) is 5.65. The normalized spacial score (nSPS) is 17.1. The van der Waals surface area contributed by atoms with Gasteiger partial charge in [0.1, 0.15) is 5.58 Å². The number of carbonyl (C=O) groups excluding carboxylic acids is 2. The van der Waals surface area contributed by atoms with E-state index in [0.29, 0.717) is 28.2 Å². The van der Waals surface area contributed by atoms with Gasteiger partial charge in [0.25, 0.3) is 11.8 Å². The average Bonchev–Trinajstić information content (AvgIpc) is 3.18. The van der Waals surface area contributed by atoms with Crippen LogP contribution in [-0.4, -0.2) is 16.8 Å². The van der Waals surface area contributed by atoms with Crippen LogP contribution in [0.2, 0.25) is 0 Å². The van der Waals surface area contributed by atoms with E-state index in [4.69, 9.17) is 4.42 Å². The number of furan rings is 1. The molecule has 2 aromatic carbocycles. The second-order valence-electron chi connectivity index (χ2n) is 7.41. The number of rotatable bonds is 3. The van der Waals surface area contributed by atoms with Crippen molar-refractivity contribution < 1.29 is 14.0 Å². The maximum absolute atomic E-state index is 12.9. The van der Waals surface area contributed by atoms with Crippen molar-refractivity contribution in [1.82, 2.24) is 10.3 Å². The maximum Gasteiger partial charge on any atom is 0.259 e. The lowest BCUT2D eigenvalue weighted by molar-refractivity contribution is -0.122. The highest BCUT2D eigenvalue weighted by atomic mass is 16.3. The molecule has 6 rings (SSSR count). The standard InChI is InChI=1S/C23H16N2O3/c26-22-18(15-6-3-4-13-10-11-28-21(13)15)19(23(27)25-22)17-14-5-1-2-7-16(14)24-20(17)12-8-9-12/h1-7,10-12,24H,8-9H2,(H,25,26,27). The molecule has 28 heavy (non-hydrogen) atoms. The average molecular weight is 368 g/mol. The van der Waals surface area contributed by atoms with E-state index in [9.17, 15) is 9.59 Å². The summed E-state index contributed by atoms with van der Waals surface area (Å²) in [6.07, 6.45) is 3.78. The lowest BCUT2D eigenvalue weighted by Crippen LogP contribution is -2.22. The van der Waals surface area contributed by atoms with Crippen molar-refractivity contribution in [2.45, 2.75) is 18.8 Å². The van der Waals surface area contributed by atoms with E-state index in [1.807, 2.05) is 48.5 Å². The SMILES string of the molecule is O=C1NC(=O)C(c2cccc3ccoc23)=C1c1c(C2CC2)[nH]c2ccccc12. The number of hydrogen-bond donors (Lipinski definition) is 2. The first kappa shape index (κ1) is 15.5. The smallest absolute Gasteiger partial charge is 0.259 e. The van der Waals surface area contributed by atoms with Gasteiger partial charge in [0, 0.05) is 33.1 Å². The first-order valence-electron chi connectivity index (χ1n) is 9.40. The molecule has 0 saturated heterocycles. The second kappa shape index (κ2) is 5.45. The molecule has 5 heteroatoms. The summed E-state index contributed by atoms with van der Waals surface area (Å²) in [7, 11) is 0. The molecule has 2 aromatic heterocycles. The van der Waals surface area contributed by atoms with E-state index in [2.05, 4.69) is 10.3 Å². The Morgan fingerprint density at radius 2 is 1.71 bits per heavy atom. The molecule has 2 amide bonds. The van der Waals surface area contributed by atoms with Crippen LogP contribution < -0.4 is 5.32 Å². The molecule has 0 spiro atoms. The lowest BCUT2D eigenvalue weighted by atomic mass is 9.92. The summed E-state index contributed by atoms with van der Waals surface area (Å²) in [6, 6.07) is 15.4. The summed E-state index contributed by atoms with van der Waals surface area (Å²) in [5, 5.41) is 4.37. The molecule has 2 aliphatic rings. The highest BCUT2D eigenvalue weighted by molar-refractivity contribution is 6.50. The van der Waals surface area contributed by atoms with Crippen LogP contribution in [0.15, 0.2) is 59.2 Å². The van der Waals surface area contributed by atoms with Gasteiger partial charge in [-0.3, -0.25) is 14.9 Å². The fourth-order valence-electron chi connectivity index (χ4n) is 4.25. The zero-order valence-electron chi connectivity index (χ0n) is 14.9. The summed E-state index contributed by atoms with van der Waals surface area (Å²) in [5.41, 5.74) is 4.96. The quantitative estimate of drug-likeness (QED) is 0.528. The van der Waals surface area contributed by atoms with Gasteiger partial charge >= 0.3 is 0 Å². The first-order chi connectivity index (χ1) is 13.7. The van der Waals surface area contributed by atoms with Crippen LogP contribution in [-0.2, 0) is 9.59 Å². The van der Waals surface area contributed by atoms with Crippen molar-refractivity contribution >= 4 is 44.8 Å². The largest absolute Gasteiger partial charge is 0.464 e. The molecule has 0 unspecified atom stereocenters. The van der Waals surface area contributed by atoms with E-state index in [0.717, 1.165) is 40.4 Å². The molecular weight excluding hydrogens is 352 g/mol. The zero-order chi connectivity index (χ0) is 18.8. The Hall–Kier alpha value is -3.60. The second-order valence-corrected chi connectivity index (χ2v) is 7.41. The molecule has 1 saturated carbocycles. The highest BCUT2D eigenvalue weighted by Crippen LogP contribution is 2.47. The first-order valence-corrected chi connectivity index (χ1v) is 9.40. The van der Waals surface area contributed by atoms with Gasteiger partial charge in [-0.05, 0) is 30.9 Å². The Kier molecular flexibility index (Phi) is 3.01. The Morgan fingerprint density at radius 1 is 0.893 bits per heavy atom. The fourth-order valence-corrected chi connectivity index (χ4v) is 4.25. The summed E-state index contributed by atoms with van der Waals surface area (Å²) in [5.74, 6) is -0.329. The van der Waals surface area contributed by atoms with Gasteiger partial charge < -0.3 is 9.40 Å². The van der Waals surface area contributed by atoms with Gasteiger partial charge in [-0.15, -0.1) is 0 Å². The van der Waals surface area contributed by atoms with Crippen LogP contribution in [0.25, 0.3) is 33.0 Å².